The number of hydrogen-bond donors (Lipinski definition) is 1. The summed E-state index contributed by atoms with van der Waals surface area (Å²) in [7, 11) is 0. The van der Waals surface area contributed by atoms with E-state index in [1.165, 1.54) is 32.1 Å². The lowest BCUT2D eigenvalue weighted by Gasteiger charge is -2.38. The smallest absolute Gasteiger partial charge is 0.241 e. The molecule has 2 aromatic rings. The number of pyridine rings is 1. The fraction of sp³-hybridized carbons (Fsp3) is 0.455. The molecule has 1 aromatic heterocycles. The van der Waals surface area contributed by atoms with Crippen LogP contribution in [0.15, 0.2) is 48.8 Å². The van der Waals surface area contributed by atoms with Crippen LogP contribution in [0.2, 0.25) is 0 Å². The van der Waals surface area contributed by atoms with Crippen LogP contribution in [-0.2, 0) is 4.79 Å². The molecule has 142 valence electrons. The van der Waals surface area contributed by atoms with Gasteiger partial charge in [0.2, 0.25) is 5.91 Å². The summed E-state index contributed by atoms with van der Waals surface area (Å²) in [5.74, 6) is 1.55. The topological polar surface area (TPSA) is 54.5 Å². The molecule has 2 fully saturated rings. The molecule has 0 bridgehead atoms. The number of hydrogen-bond acceptors (Lipinski definition) is 4. The van der Waals surface area contributed by atoms with Crippen molar-refractivity contribution in [3.05, 3.63) is 48.8 Å². The molecule has 1 amide bonds. The average Bonchev–Trinajstić information content (AvgIpc) is 3.25. The van der Waals surface area contributed by atoms with Crippen molar-refractivity contribution in [2.24, 2.45) is 0 Å². The van der Waals surface area contributed by atoms with E-state index in [4.69, 9.17) is 4.74 Å². The third-order valence-electron chi connectivity index (χ3n) is 5.63. The van der Waals surface area contributed by atoms with Gasteiger partial charge < -0.3 is 10.1 Å². The van der Waals surface area contributed by atoms with Crippen LogP contribution in [0.25, 0.3) is 0 Å². The Morgan fingerprint density at radius 3 is 2.52 bits per heavy atom. The average molecular weight is 365 g/mol. The number of amides is 1. The van der Waals surface area contributed by atoms with Crippen LogP contribution in [0.4, 0.5) is 5.69 Å². The maximum absolute atomic E-state index is 12.9. The van der Waals surface area contributed by atoms with Crippen molar-refractivity contribution >= 4 is 11.6 Å². The molecule has 4 rings (SSSR count). The van der Waals surface area contributed by atoms with Crippen molar-refractivity contribution in [2.45, 2.75) is 57.0 Å². The van der Waals surface area contributed by atoms with Crippen molar-refractivity contribution < 1.29 is 9.53 Å². The molecule has 0 spiro atoms. The molecule has 1 N–H and O–H groups in total. The van der Waals surface area contributed by atoms with Gasteiger partial charge in [-0.25, -0.2) is 0 Å². The van der Waals surface area contributed by atoms with Crippen LogP contribution in [0.1, 0.15) is 44.9 Å². The zero-order chi connectivity index (χ0) is 18.5. The fourth-order valence-corrected chi connectivity index (χ4v) is 4.28. The SMILES string of the molecule is O=C(Nc1ccc(Oc2cccnc2)cc1)[C@H]1CCCCN1C1CCCC1. The van der Waals surface area contributed by atoms with Gasteiger partial charge in [0.25, 0.3) is 0 Å². The summed E-state index contributed by atoms with van der Waals surface area (Å²) in [4.78, 5) is 19.4. The summed E-state index contributed by atoms with van der Waals surface area (Å²) in [6, 6.07) is 11.8. The highest BCUT2D eigenvalue weighted by Gasteiger charge is 2.34. The minimum Gasteiger partial charge on any atom is -0.456 e. The summed E-state index contributed by atoms with van der Waals surface area (Å²) in [5, 5.41) is 3.11. The molecular weight excluding hydrogens is 338 g/mol. The number of ether oxygens (including phenoxy) is 1. The van der Waals surface area contributed by atoms with Gasteiger partial charge in [-0.3, -0.25) is 14.7 Å². The largest absolute Gasteiger partial charge is 0.456 e. The normalized spacial score (nSPS) is 21.1. The Labute approximate surface area is 160 Å². The van der Waals surface area contributed by atoms with Crippen LogP contribution >= 0.6 is 0 Å². The molecule has 2 aliphatic rings. The lowest BCUT2D eigenvalue weighted by Crippen LogP contribution is -2.51. The Hall–Kier alpha value is -2.40. The molecule has 1 atom stereocenters. The molecule has 0 radical (unpaired) electrons. The van der Waals surface area contributed by atoms with E-state index in [0.717, 1.165) is 30.8 Å². The van der Waals surface area contributed by atoms with Gasteiger partial charge in [0, 0.05) is 17.9 Å². The van der Waals surface area contributed by atoms with E-state index >= 15 is 0 Å². The summed E-state index contributed by atoms with van der Waals surface area (Å²) in [5.41, 5.74) is 0.815. The van der Waals surface area contributed by atoms with E-state index in [1.54, 1.807) is 12.4 Å². The number of aromatic nitrogens is 1. The second-order valence-corrected chi connectivity index (χ2v) is 7.49. The highest BCUT2D eigenvalue weighted by Crippen LogP contribution is 2.30. The third kappa shape index (κ3) is 4.48. The summed E-state index contributed by atoms with van der Waals surface area (Å²) in [6.45, 7) is 1.06. The molecule has 1 aromatic carbocycles. The summed E-state index contributed by atoms with van der Waals surface area (Å²) < 4.78 is 5.76. The van der Waals surface area contributed by atoms with Crippen molar-refractivity contribution in [1.29, 1.82) is 0 Å². The first kappa shape index (κ1) is 18.0. The van der Waals surface area contributed by atoms with Crippen LogP contribution in [0, 0.1) is 0 Å². The van der Waals surface area contributed by atoms with Crippen LogP contribution in [-0.4, -0.2) is 34.4 Å². The number of anilines is 1. The lowest BCUT2D eigenvalue weighted by molar-refractivity contribution is -0.123. The number of piperidine rings is 1. The Kier molecular flexibility index (Phi) is 5.68. The highest BCUT2D eigenvalue weighted by atomic mass is 16.5. The van der Waals surface area contributed by atoms with Gasteiger partial charge >= 0.3 is 0 Å². The Balaban J connectivity index is 1.38. The Bertz CT molecular complexity index is 742. The number of benzene rings is 1. The van der Waals surface area contributed by atoms with Gasteiger partial charge in [0.05, 0.1) is 12.2 Å². The maximum Gasteiger partial charge on any atom is 0.241 e. The minimum atomic E-state index is 0.00756. The molecular formula is C22H27N3O2. The quantitative estimate of drug-likeness (QED) is 0.841. The molecule has 1 aliphatic carbocycles. The van der Waals surface area contributed by atoms with Crippen molar-refractivity contribution in [1.82, 2.24) is 9.88 Å². The Morgan fingerprint density at radius 2 is 1.78 bits per heavy atom. The molecule has 27 heavy (non-hydrogen) atoms. The molecule has 1 saturated carbocycles. The van der Waals surface area contributed by atoms with Gasteiger partial charge in [0.1, 0.15) is 11.5 Å². The molecule has 1 aliphatic heterocycles. The van der Waals surface area contributed by atoms with Gasteiger partial charge in [-0.05, 0) is 68.6 Å². The fourth-order valence-electron chi connectivity index (χ4n) is 4.28. The zero-order valence-electron chi connectivity index (χ0n) is 15.6. The predicted octanol–water partition coefficient (Wildman–Crippen LogP) is 4.61. The number of carbonyl (C=O) groups is 1. The van der Waals surface area contributed by atoms with E-state index in [1.807, 2.05) is 36.4 Å². The van der Waals surface area contributed by atoms with Crippen molar-refractivity contribution in [3.8, 4) is 11.5 Å². The molecule has 2 heterocycles. The van der Waals surface area contributed by atoms with E-state index in [2.05, 4.69) is 15.2 Å². The highest BCUT2D eigenvalue weighted by molar-refractivity contribution is 5.95. The zero-order valence-corrected chi connectivity index (χ0v) is 15.6. The van der Waals surface area contributed by atoms with E-state index in [9.17, 15) is 4.79 Å². The Morgan fingerprint density at radius 1 is 1.00 bits per heavy atom. The van der Waals surface area contributed by atoms with Crippen molar-refractivity contribution in [2.75, 3.05) is 11.9 Å². The molecule has 1 saturated heterocycles. The number of carbonyl (C=O) groups excluding carboxylic acids is 1. The summed E-state index contributed by atoms with van der Waals surface area (Å²) in [6.07, 6.45) is 11.8. The first-order valence-corrected chi connectivity index (χ1v) is 10.0. The van der Waals surface area contributed by atoms with E-state index < -0.39 is 0 Å². The number of nitrogens with zero attached hydrogens (tertiary/aromatic N) is 2. The van der Waals surface area contributed by atoms with Crippen LogP contribution < -0.4 is 10.1 Å². The van der Waals surface area contributed by atoms with Gasteiger partial charge in [-0.15, -0.1) is 0 Å². The van der Waals surface area contributed by atoms with Crippen LogP contribution in [0.5, 0.6) is 11.5 Å². The molecule has 0 unspecified atom stereocenters. The maximum atomic E-state index is 12.9. The molecule has 5 nitrogen and oxygen atoms in total. The number of rotatable bonds is 5. The lowest BCUT2D eigenvalue weighted by atomic mass is 9.98. The first-order valence-electron chi connectivity index (χ1n) is 10.0. The van der Waals surface area contributed by atoms with E-state index in [0.29, 0.717) is 11.8 Å². The monoisotopic (exact) mass is 365 g/mol. The van der Waals surface area contributed by atoms with Gasteiger partial charge in [0.15, 0.2) is 0 Å². The minimum absolute atomic E-state index is 0.00756. The van der Waals surface area contributed by atoms with Gasteiger partial charge in [-0.2, -0.15) is 0 Å². The van der Waals surface area contributed by atoms with E-state index in [-0.39, 0.29) is 11.9 Å². The number of likely N-dealkylation sites (tertiary alicyclic amines) is 1. The third-order valence-corrected chi connectivity index (χ3v) is 5.63. The number of nitrogens with one attached hydrogen (secondary N) is 1. The second kappa shape index (κ2) is 8.53. The van der Waals surface area contributed by atoms with Crippen LogP contribution in [0.3, 0.4) is 0 Å². The predicted molar refractivity (Wildman–Crippen MR) is 106 cm³/mol. The summed E-state index contributed by atoms with van der Waals surface area (Å²) >= 11 is 0. The molecule has 5 heteroatoms. The van der Waals surface area contributed by atoms with Gasteiger partial charge in [-0.1, -0.05) is 19.3 Å². The van der Waals surface area contributed by atoms with Crippen molar-refractivity contribution in [3.63, 3.8) is 0 Å². The standard InChI is InChI=1S/C22H27N3O2/c26-22(21-9-3-4-15-25(21)18-6-1-2-7-18)24-17-10-12-19(13-11-17)27-20-8-5-14-23-16-20/h5,8,10-14,16,18,21H,1-4,6-7,9,15H2,(H,24,26)/t21-/m1/s1. The first-order chi connectivity index (χ1) is 13.3. The second-order valence-electron chi connectivity index (χ2n) is 7.49.